The van der Waals surface area contributed by atoms with Crippen molar-refractivity contribution in [3.63, 3.8) is 0 Å². The van der Waals surface area contributed by atoms with E-state index in [0.717, 1.165) is 23.4 Å². The van der Waals surface area contributed by atoms with Crippen molar-refractivity contribution < 1.29 is 14.3 Å². The third kappa shape index (κ3) is 3.96. The lowest BCUT2D eigenvalue weighted by molar-refractivity contribution is -0.122. The number of aromatic nitrogens is 1. The summed E-state index contributed by atoms with van der Waals surface area (Å²) in [6.07, 6.45) is 2.40. The molecule has 130 valence electrons. The number of nitrogens with one attached hydrogen (secondary N) is 1. The van der Waals surface area contributed by atoms with Crippen LogP contribution >= 0.6 is 0 Å². The largest absolute Gasteiger partial charge is 0.493 e. The third-order valence-corrected chi connectivity index (χ3v) is 4.21. The van der Waals surface area contributed by atoms with E-state index in [1.54, 1.807) is 32.6 Å². The van der Waals surface area contributed by atoms with Crippen molar-refractivity contribution in [2.45, 2.75) is 19.3 Å². The van der Waals surface area contributed by atoms with E-state index in [0.29, 0.717) is 11.5 Å². The molecule has 2 atom stereocenters. The van der Waals surface area contributed by atoms with Crippen molar-refractivity contribution in [3.8, 4) is 11.5 Å². The fraction of sp³-hybridized carbons (Fsp3) is 0.316. The summed E-state index contributed by atoms with van der Waals surface area (Å²) in [5, 5.41) is 4.04. The number of methoxy groups -OCH3 is 2. The lowest BCUT2D eigenvalue weighted by Gasteiger charge is -2.07. The molecule has 0 unspecified atom stereocenters. The Balaban J connectivity index is 1.57. The van der Waals surface area contributed by atoms with E-state index in [9.17, 15) is 4.79 Å². The topological polar surface area (TPSA) is 72.8 Å². The Morgan fingerprint density at radius 1 is 1.24 bits per heavy atom. The molecule has 1 heterocycles. The molecule has 6 nitrogen and oxygen atoms in total. The van der Waals surface area contributed by atoms with E-state index in [-0.39, 0.29) is 17.7 Å². The quantitative estimate of drug-likeness (QED) is 0.649. The molecule has 1 amide bonds. The number of ether oxygens (including phenoxy) is 2. The van der Waals surface area contributed by atoms with Gasteiger partial charge in [0.1, 0.15) is 0 Å². The van der Waals surface area contributed by atoms with Crippen molar-refractivity contribution in [2.75, 3.05) is 14.2 Å². The molecule has 3 rings (SSSR count). The summed E-state index contributed by atoms with van der Waals surface area (Å²) in [5.41, 5.74) is 5.36. The van der Waals surface area contributed by atoms with Crippen LogP contribution in [0.4, 0.5) is 0 Å². The molecule has 1 fully saturated rings. The Hall–Kier alpha value is -2.89. The van der Waals surface area contributed by atoms with Crippen LogP contribution in [0.1, 0.15) is 29.3 Å². The maximum atomic E-state index is 12.2. The highest BCUT2D eigenvalue weighted by molar-refractivity contribution is 5.85. The molecule has 0 spiro atoms. The fourth-order valence-corrected chi connectivity index (χ4v) is 2.77. The first-order valence-electron chi connectivity index (χ1n) is 8.11. The highest BCUT2D eigenvalue weighted by Gasteiger charge is 2.44. The minimum Gasteiger partial charge on any atom is -0.493 e. The van der Waals surface area contributed by atoms with Gasteiger partial charge in [-0.05, 0) is 49.2 Å². The molecule has 1 aromatic carbocycles. The summed E-state index contributed by atoms with van der Waals surface area (Å²) in [4.78, 5) is 16.7. The summed E-state index contributed by atoms with van der Waals surface area (Å²) in [7, 11) is 3.16. The lowest BCUT2D eigenvalue weighted by atomic mass is 10.2. The van der Waals surface area contributed by atoms with Crippen LogP contribution in [0.5, 0.6) is 11.5 Å². The second kappa shape index (κ2) is 7.34. The smallest absolute Gasteiger partial charge is 0.243 e. The summed E-state index contributed by atoms with van der Waals surface area (Å²) >= 11 is 0. The van der Waals surface area contributed by atoms with Crippen LogP contribution in [-0.4, -0.2) is 31.3 Å². The Kier molecular flexibility index (Phi) is 4.97. The second-order valence-electron chi connectivity index (χ2n) is 6.00. The third-order valence-electron chi connectivity index (χ3n) is 4.21. The first-order chi connectivity index (χ1) is 12.1. The number of rotatable bonds is 6. The first-order valence-corrected chi connectivity index (χ1v) is 8.11. The van der Waals surface area contributed by atoms with Crippen LogP contribution < -0.4 is 14.9 Å². The normalized spacial score (nSPS) is 18.8. The van der Waals surface area contributed by atoms with Crippen molar-refractivity contribution in [1.82, 2.24) is 10.4 Å². The van der Waals surface area contributed by atoms with Crippen LogP contribution in [-0.2, 0) is 4.79 Å². The molecular weight excluding hydrogens is 318 g/mol. The van der Waals surface area contributed by atoms with Crippen molar-refractivity contribution in [3.05, 3.63) is 53.3 Å². The SMILES string of the molecule is COc1ccc(/C=N/NC(=O)[C@@H]2C[C@H]2c2cccc(C)n2)cc1OC. The van der Waals surface area contributed by atoms with Crippen molar-refractivity contribution in [1.29, 1.82) is 0 Å². The minimum atomic E-state index is -0.0787. The highest BCUT2D eigenvalue weighted by Crippen LogP contribution is 2.46. The van der Waals surface area contributed by atoms with E-state index >= 15 is 0 Å². The maximum Gasteiger partial charge on any atom is 0.243 e. The molecule has 0 radical (unpaired) electrons. The molecule has 0 saturated heterocycles. The number of amides is 1. The van der Waals surface area contributed by atoms with Crippen LogP contribution in [0.15, 0.2) is 41.5 Å². The molecule has 1 aromatic heterocycles. The Labute approximate surface area is 146 Å². The van der Waals surface area contributed by atoms with E-state index < -0.39 is 0 Å². The van der Waals surface area contributed by atoms with Crippen molar-refractivity contribution in [2.24, 2.45) is 11.0 Å². The van der Waals surface area contributed by atoms with Gasteiger partial charge in [-0.3, -0.25) is 9.78 Å². The summed E-state index contributed by atoms with van der Waals surface area (Å²) in [5.74, 6) is 1.32. The number of hydrogen-bond acceptors (Lipinski definition) is 5. The number of hydrazone groups is 1. The van der Waals surface area contributed by atoms with Gasteiger partial charge in [-0.2, -0.15) is 5.10 Å². The molecule has 1 aliphatic carbocycles. The van der Waals surface area contributed by atoms with Crippen LogP contribution in [0.3, 0.4) is 0 Å². The standard InChI is InChI=1S/C19H21N3O3/c1-12-5-4-6-16(21-12)14-10-15(14)19(23)22-20-11-13-7-8-17(24-2)18(9-13)25-3/h4-9,11,14-15H,10H2,1-3H3,(H,22,23)/b20-11+/t14-,15-/m1/s1. The van der Waals surface area contributed by atoms with Gasteiger partial charge in [0.05, 0.1) is 20.4 Å². The maximum absolute atomic E-state index is 12.2. The number of carbonyl (C=O) groups is 1. The van der Waals surface area contributed by atoms with Gasteiger partial charge in [0.2, 0.25) is 5.91 Å². The van der Waals surface area contributed by atoms with E-state index in [2.05, 4.69) is 15.5 Å². The summed E-state index contributed by atoms with van der Waals surface area (Å²) in [6, 6.07) is 11.3. The van der Waals surface area contributed by atoms with Gasteiger partial charge in [-0.15, -0.1) is 0 Å². The second-order valence-corrected chi connectivity index (χ2v) is 6.00. The monoisotopic (exact) mass is 339 g/mol. The number of aryl methyl sites for hydroxylation is 1. The average Bonchev–Trinajstić information content (AvgIpc) is 3.42. The highest BCUT2D eigenvalue weighted by atomic mass is 16.5. The Morgan fingerprint density at radius 3 is 2.76 bits per heavy atom. The molecule has 2 aromatic rings. The van der Waals surface area contributed by atoms with E-state index in [4.69, 9.17) is 9.47 Å². The molecule has 1 aliphatic rings. The molecule has 1 N–H and O–H groups in total. The van der Waals surface area contributed by atoms with Crippen LogP contribution in [0, 0.1) is 12.8 Å². The van der Waals surface area contributed by atoms with Gasteiger partial charge in [-0.1, -0.05) is 6.07 Å². The average molecular weight is 339 g/mol. The van der Waals surface area contributed by atoms with Crippen LogP contribution in [0.2, 0.25) is 0 Å². The van der Waals surface area contributed by atoms with Gasteiger partial charge in [0.15, 0.2) is 11.5 Å². The van der Waals surface area contributed by atoms with Crippen LogP contribution in [0.25, 0.3) is 0 Å². The zero-order valence-electron chi connectivity index (χ0n) is 14.5. The zero-order valence-corrected chi connectivity index (χ0v) is 14.5. The Morgan fingerprint density at radius 2 is 2.04 bits per heavy atom. The predicted molar refractivity (Wildman–Crippen MR) is 95.1 cm³/mol. The van der Waals surface area contributed by atoms with Gasteiger partial charge in [-0.25, -0.2) is 5.43 Å². The number of nitrogens with zero attached hydrogens (tertiary/aromatic N) is 2. The molecule has 0 bridgehead atoms. The van der Waals surface area contributed by atoms with Gasteiger partial charge in [0.25, 0.3) is 0 Å². The molecule has 6 heteroatoms. The fourth-order valence-electron chi connectivity index (χ4n) is 2.77. The number of carbonyl (C=O) groups excluding carboxylic acids is 1. The summed E-state index contributed by atoms with van der Waals surface area (Å²) in [6.45, 7) is 1.95. The molecule has 0 aliphatic heterocycles. The molecule has 1 saturated carbocycles. The Bertz CT molecular complexity index is 804. The zero-order chi connectivity index (χ0) is 17.8. The summed E-state index contributed by atoms with van der Waals surface area (Å²) < 4.78 is 10.4. The molecular formula is C19H21N3O3. The number of pyridine rings is 1. The van der Waals surface area contributed by atoms with Gasteiger partial charge in [0, 0.05) is 23.2 Å². The van der Waals surface area contributed by atoms with E-state index in [1.165, 1.54) is 0 Å². The van der Waals surface area contributed by atoms with Gasteiger partial charge >= 0.3 is 0 Å². The molecule has 25 heavy (non-hydrogen) atoms. The first kappa shape index (κ1) is 17.0. The predicted octanol–water partition coefficient (Wildman–Crippen LogP) is 2.66. The van der Waals surface area contributed by atoms with Gasteiger partial charge < -0.3 is 9.47 Å². The van der Waals surface area contributed by atoms with Crippen molar-refractivity contribution >= 4 is 12.1 Å². The minimum absolute atomic E-state index is 0.0585. The number of hydrogen-bond donors (Lipinski definition) is 1. The number of benzene rings is 1. The van der Waals surface area contributed by atoms with E-state index in [1.807, 2.05) is 31.2 Å². The lowest BCUT2D eigenvalue weighted by Crippen LogP contribution is -2.20.